The lowest BCUT2D eigenvalue weighted by Crippen LogP contribution is -2.04. The zero-order valence-electron chi connectivity index (χ0n) is 28.0. The van der Waals surface area contributed by atoms with Crippen LogP contribution in [0.2, 0.25) is 0 Å². The molecule has 242 valence electrons. The molecule has 0 aliphatic carbocycles. The Morgan fingerprint density at radius 3 is 1.81 bits per heavy atom. The highest BCUT2D eigenvalue weighted by molar-refractivity contribution is 6.14. The van der Waals surface area contributed by atoms with Crippen LogP contribution in [-0.4, -0.2) is 14.5 Å². The zero-order chi connectivity index (χ0) is 34.2. The van der Waals surface area contributed by atoms with Crippen LogP contribution >= 0.6 is 0 Å². The molecule has 0 atom stereocenters. The molecule has 8 aromatic carbocycles. The summed E-state index contributed by atoms with van der Waals surface area (Å²) in [7, 11) is 0. The minimum atomic E-state index is 0.802. The summed E-state index contributed by atoms with van der Waals surface area (Å²) in [6, 6.07) is 61.9. The minimum absolute atomic E-state index is 0.802. The molecule has 0 unspecified atom stereocenters. The second kappa shape index (κ2) is 11.2. The molecule has 0 aliphatic heterocycles. The van der Waals surface area contributed by atoms with Gasteiger partial charge in [0.2, 0.25) is 0 Å². The number of para-hydroxylation sites is 2. The summed E-state index contributed by atoms with van der Waals surface area (Å²) in [6.45, 7) is 0. The average molecular weight is 664 g/mol. The molecule has 0 fully saturated rings. The highest BCUT2D eigenvalue weighted by atomic mass is 16.3. The third kappa shape index (κ3) is 4.41. The lowest BCUT2D eigenvalue weighted by molar-refractivity contribution is 0.669. The molecular weight excluding hydrogens is 635 g/mol. The summed E-state index contributed by atoms with van der Waals surface area (Å²) in [5, 5.41) is 7.01. The van der Waals surface area contributed by atoms with Crippen LogP contribution in [0.4, 0.5) is 0 Å². The minimum Gasteiger partial charge on any atom is -0.456 e. The van der Waals surface area contributed by atoms with Crippen molar-refractivity contribution in [2.24, 2.45) is 0 Å². The number of hydrogen-bond acceptors (Lipinski definition) is 3. The van der Waals surface area contributed by atoms with Gasteiger partial charge in [0, 0.05) is 27.1 Å². The smallest absolute Gasteiger partial charge is 0.165 e. The Labute approximate surface area is 298 Å². The van der Waals surface area contributed by atoms with Gasteiger partial charge in [-0.15, -0.1) is 0 Å². The highest BCUT2D eigenvalue weighted by Gasteiger charge is 2.21. The maximum absolute atomic E-state index is 6.35. The summed E-state index contributed by atoms with van der Waals surface area (Å²) in [6.07, 6.45) is 0. The van der Waals surface area contributed by atoms with Gasteiger partial charge in [-0.05, 0) is 81.6 Å². The largest absolute Gasteiger partial charge is 0.456 e. The first-order valence-corrected chi connectivity index (χ1v) is 17.6. The van der Waals surface area contributed by atoms with Crippen LogP contribution < -0.4 is 0 Å². The molecule has 0 aliphatic rings. The Bertz CT molecular complexity index is 3180. The van der Waals surface area contributed by atoms with Crippen LogP contribution in [0.25, 0.3) is 105 Å². The Hall–Kier alpha value is -7.04. The summed E-state index contributed by atoms with van der Waals surface area (Å²) >= 11 is 0. The Kier molecular flexibility index (Phi) is 6.22. The first-order valence-electron chi connectivity index (χ1n) is 17.6. The molecule has 0 saturated heterocycles. The Morgan fingerprint density at radius 2 is 1.00 bits per heavy atom. The molecule has 0 spiro atoms. The number of fused-ring (bicyclic) bond motifs is 8. The SMILES string of the molecule is c1ccc(-c2cc3nc(-n4c5ccccc5c5cc6ccccc6cc54)c(-c4ccccc4)nc3cc2-c2ccc3c(c2)oc2ccccc23)cc1. The number of benzene rings is 8. The number of aromatic nitrogens is 3. The molecule has 0 radical (unpaired) electrons. The van der Waals surface area contributed by atoms with Gasteiger partial charge in [0.05, 0.1) is 22.1 Å². The first kappa shape index (κ1) is 28.8. The summed E-state index contributed by atoms with van der Waals surface area (Å²) in [4.78, 5) is 11.0. The zero-order valence-corrected chi connectivity index (χ0v) is 28.0. The predicted octanol–water partition coefficient (Wildman–Crippen LogP) is 12.8. The molecule has 0 N–H and O–H groups in total. The molecule has 11 aromatic rings. The fourth-order valence-corrected chi connectivity index (χ4v) is 7.91. The van der Waals surface area contributed by atoms with E-state index in [1.807, 2.05) is 18.2 Å². The lowest BCUT2D eigenvalue weighted by atomic mass is 9.93. The molecular formula is C48H29N3O. The maximum atomic E-state index is 6.35. The van der Waals surface area contributed by atoms with E-state index >= 15 is 0 Å². The van der Waals surface area contributed by atoms with E-state index in [1.165, 1.54) is 21.5 Å². The fraction of sp³-hybridized carbons (Fsp3) is 0. The Balaban J connectivity index is 1.22. The van der Waals surface area contributed by atoms with Gasteiger partial charge in [-0.3, -0.25) is 4.57 Å². The van der Waals surface area contributed by atoms with Gasteiger partial charge in [-0.2, -0.15) is 0 Å². The monoisotopic (exact) mass is 663 g/mol. The van der Waals surface area contributed by atoms with Crippen LogP contribution in [0.3, 0.4) is 0 Å². The van der Waals surface area contributed by atoms with Gasteiger partial charge in [0.25, 0.3) is 0 Å². The molecule has 0 bridgehead atoms. The van der Waals surface area contributed by atoms with E-state index in [-0.39, 0.29) is 0 Å². The van der Waals surface area contributed by atoms with Crippen molar-refractivity contribution in [1.82, 2.24) is 14.5 Å². The van der Waals surface area contributed by atoms with Crippen molar-refractivity contribution in [2.75, 3.05) is 0 Å². The van der Waals surface area contributed by atoms with Crippen LogP contribution in [0.5, 0.6) is 0 Å². The van der Waals surface area contributed by atoms with Crippen molar-refractivity contribution in [3.8, 4) is 39.3 Å². The summed E-state index contributed by atoms with van der Waals surface area (Å²) in [5.74, 6) is 0.802. The highest BCUT2D eigenvalue weighted by Crippen LogP contribution is 2.41. The van der Waals surface area contributed by atoms with Gasteiger partial charge in [-0.1, -0.05) is 127 Å². The van der Waals surface area contributed by atoms with E-state index in [0.717, 1.165) is 83.3 Å². The van der Waals surface area contributed by atoms with Crippen LogP contribution in [0, 0.1) is 0 Å². The van der Waals surface area contributed by atoms with E-state index < -0.39 is 0 Å². The topological polar surface area (TPSA) is 43.9 Å². The number of nitrogens with zero attached hydrogens (tertiary/aromatic N) is 3. The van der Waals surface area contributed by atoms with E-state index in [9.17, 15) is 0 Å². The third-order valence-corrected chi connectivity index (χ3v) is 10.4. The van der Waals surface area contributed by atoms with Gasteiger partial charge in [0.15, 0.2) is 5.82 Å². The Morgan fingerprint density at radius 1 is 0.385 bits per heavy atom. The molecule has 3 aromatic heterocycles. The van der Waals surface area contributed by atoms with E-state index in [0.29, 0.717) is 0 Å². The van der Waals surface area contributed by atoms with Gasteiger partial charge in [0.1, 0.15) is 16.9 Å². The first-order chi connectivity index (χ1) is 25.8. The second-order valence-corrected chi connectivity index (χ2v) is 13.4. The summed E-state index contributed by atoms with van der Waals surface area (Å²) < 4.78 is 8.65. The number of rotatable bonds is 4. The van der Waals surface area contributed by atoms with Crippen molar-refractivity contribution in [3.63, 3.8) is 0 Å². The van der Waals surface area contributed by atoms with Crippen molar-refractivity contribution in [2.45, 2.75) is 0 Å². The molecule has 0 saturated carbocycles. The maximum Gasteiger partial charge on any atom is 0.165 e. The standard InChI is InChI=1S/C48H29N3O/c1-3-13-30(14-4-1)38-28-42-41(29-39(38)34-23-24-37-36-20-10-12-22-45(36)52-46(37)27-34)49-47(31-15-5-2-6-16-31)48(50-42)51-43-21-11-9-19-35(43)40-25-32-17-7-8-18-33(32)26-44(40)51/h1-29H. The number of furan rings is 1. The molecule has 4 heteroatoms. The van der Waals surface area contributed by atoms with Gasteiger partial charge < -0.3 is 4.42 Å². The van der Waals surface area contributed by atoms with Crippen LogP contribution in [0.15, 0.2) is 180 Å². The fourth-order valence-electron chi connectivity index (χ4n) is 7.91. The van der Waals surface area contributed by atoms with E-state index in [2.05, 4.69) is 162 Å². The van der Waals surface area contributed by atoms with E-state index in [4.69, 9.17) is 14.4 Å². The van der Waals surface area contributed by atoms with Crippen molar-refractivity contribution >= 4 is 65.6 Å². The van der Waals surface area contributed by atoms with Crippen LogP contribution in [0.1, 0.15) is 0 Å². The molecule has 11 rings (SSSR count). The van der Waals surface area contributed by atoms with Gasteiger partial charge in [-0.25, -0.2) is 9.97 Å². The van der Waals surface area contributed by atoms with Crippen molar-refractivity contribution < 1.29 is 4.42 Å². The van der Waals surface area contributed by atoms with Crippen LogP contribution in [-0.2, 0) is 0 Å². The predicted molar refractivity (Wildman–Crippen MR) is 215 cm³/mol. The number of hydrogen-bond donors (Lipinski definition) is 0. The average Bonchev–Trinajstić information content (AvgIpc) is 3.74. The third-order valence-electron chi connectivity index (χ3n) is 10.4. The molecule has 3 heterocycles. The quantitative estimate of drug-likeness (QED) is 0.188. The molecule has 52 heavy (non-hydrogen) atoms. The van der Waals surface area contributed by atoms with E-state index in [1.54, 1.807) is 0 Å². The summed E-state index contributed by atoms with van der Waals surface area (Å²) in [5.41, 5.74) is 11.8. The van der Waals surface area contributed by atoms with Crippen molar-refractivity contribution in [3.05, 3.63) is 176 Å². The molecule has 4 nitrogen and oxygen atoms in total. The normalized spacial score (nSPS) is 11.8. The molecule has 0 amide bonds. The second-order valence-electron chi connectivity index (χ2n) is 13.4. The van der Waals surface area contributed by atoms with Gasteiger partial charge >= 0.3 is 0 Å². The van der Waals surface area contributed by atoms with Crippen molar-refractivity contribution in [1.29, 1.82) is 0 Å². The lowest BCUT2D eigenvalue weighted by Gasteiger charge is -2.16.